The third-order valence-electron chi connectivity index (χ3n) is 2.42. The summed E-state index contributed by atoms with van der Waals surface area (Å²) in [5.74, 6) is 2.63. The monoisotopic (exact) mass is 166 g/mol. The minimum atomic E-state index is 0.353. The van der Waals surface area contributed by atoms with Crippen molar-refractivity contribution in [2.45, 2.75) is 44.9 Å². The Morgan fingerprint density at radius 3 is 2.58 bits per heavy atom. The molecule has 1 aliphatic rings. The van der Waals surface area contributed by atoms with Gasteiger partial charge in [0.15, 0.2) is 5.82 Å². The molecule has 0 aromatic carbocycles. The molecule has 3 heteroatoms. The minimum Gasteiger partial charge on any atom is -0.339 e. The van der Waals surface area contributed by atoms with E-state index >= 15 is 0 Å². The van der Waals surface area contributed by atoms with Crippen molar-refractivity contribution in [2.75, 3.05) is 0 Å². The number of rotatable bonds is 2. The molecule has 1 heterocycles. The topological polar surface area (TPSA) is 38.9 Å². The highest BCUT2D eigenvalue weighted by atomic mass is 16.5. The van der Waals surface area contributed by atoms with Crippen LogP contribution < -0.4 is 0 Å². The lowest BCUT2D eigenvalue weighted by Gasteiger charge is -2.20. The molecule has 66 valence electrons. The van der Waals surface area contributed by atoms with Gasteiger partial charge in [0.25, 0.3) is 0 Å². The fourth-order valence-corrected chi connectivity index (χ4v) is 1.31. The molecule has 3 nitrogen and oxygen atoms in total. The molecular weight excluding hydrogens is 152 g/mol. The van der Waals surface area contributed by atoms with Crippen molar-refractivity contribution in [3.63, 3.8) is 0 Å². The Balaban J connectivity index is 2.12. The number of hydrogen-bond acceptors (Lipinski definition) is 3. The van der Waals surface area contributed by atoms with Gasteiger partial charge < -0.3 is 4.52 Å². The summed E-state index contributed by atoms with van der Waals surface area (Å²) in [5, 5.41) is 3.97. The first kappa shape index (κ1) is 7.77. The molecule has 2 rings (SSSR count). The zero-order chi connectivity index (χ0) is 8.55. The Labute approximate surface area is 72.2 Å². The van der Waals surface area contributed by atoms with Crippen molar-refractivity contribution >= 4 is 0 Å². The van der Waals surface area contributed by atoms with Gasteiger partial charge in [-0.05, 0) is 12.8 Å². The predicted molar refractivity (Wildman–Crippen MR) is 45.0 cm³/mol. The Bertz CT molecular complexity index is 263. The van der Waals surface area contributed by atoms with Crippen LogP contribution >= 0.6 is 0 Å². The van der Waals surface area contributed by atoms with E-state index in [0.29, 0.717) is 11.8 Å². The van der Waals surface area contributed by atoms with Gasteiger partial charge in [-0.1, -0.05) is 25.4 Å². The van der Waals surface area contributed by atoms with E-state index in [9.17, 15) is 0 Å². The highest BCUT2D eigenvalue weighted by Gasteiger charge is 2.24. The van der Waals surface area contributed by atoms with Gasteiger partial charge in [-0.2, -0.15) is 4.98 Å². The van der Waals surface area contributed by atoms with Crippen LogP contribution in [0.4, 0.5) is 0 Å². The van der Waals surface area contributed by atoms with Gasteiger partial charge in [-0.15, -0.1) is 0 Å². The molecule has 0 aliphatic heterocycles. The molecule has 1 fully saturated rings. The molecule has 0 amide bonds. The lowest BCUT2D eigenvalue weighted by atomic mass is 9.85. The summed E-state index contributed by atoms with van der Waals surface area (Å²) in [7, 11) is 0. The number of aromatic nitrogens is 2. The molecule has 1 aromatic heterocycles. The highest BCUT2D eigenvalue weighted by molar-refractivity contribution is 5.00. The second kappa shape index (κ2) is 2.88. The van der Waals surface area contributed by atoms with Gasteiger partial charge in [-0.25, -0.2) is 0 Å². The van der Waals surface area contributed by atoms with E-state index in [0.717, 1.165) is 11.7 Å². The fourth-order valence-electron chi connectivity index (χ4n) is 1.31. The Morgan fingerprint density at radius 2 is 2.17 bits per heavy atom. The summed E-state index contributed by atoms with van der Waals surface area (Å²) in [5.41, 5.74) is 0. The average molecular weight is 166 g/mol. The quantitative estimate of drug-likeness (QED) is 0.677. The zero-order valence-corrected chi connectivity index (χ0v) is 7.58. The maximum absolute atomic E-state index is 5.12. The van der Waals surface area contributed by atoms with Crippen molar-refractivity contribution in [3.8, 4) is 0 Å². The van der Waals surface area contributed by atoms with Crippen LogP contribution in [0.3, 0.4) is 0 Å². The van der Waals surface area contributed by atoms with Crippen LogP contribution in [0.5, 0.6) is 0 Å². The molecule has 1 aliphatic carbocycles. The van der Waals surface area contributed by atoms with Crippen LogP contribution in [0.1, 0.15) is 56.7 Å². The molecule has 0 atom stereocenters. The Morgan fingerprint density at radius 1 is 1.42 bits per heavy atom. The minimum absolute atomic E-state index is 0.353. The molecule has 0 saturated heterocycles. The van der Waals surface area contributed by atoms with Crippen LogP contribution in [-0.2, 0) is 0 Å². The van der Waals surface area contributed by atoms with E-state index in [4.69, 9.17) is 4.52 Å². The second-order valence-corrected chi connectivity index (χ2v) is 3.77. The van der Waals surface area contributed by atoms with Gasteiger partial charge in [0.05, 0.1) is 0 Å². The summed E-state index contributed by atoms with van der Waals surface area (Å²) >= 11 is 0. The predicted octanol–water partition coefficient (Wildman–Crippen LogP) is 2.46. The first-order valence-corrected chi connectivity index (χ1v) is 4.61. The molecule has 0 bridgehead atoms. The first-order chi connectivity index (χ1) is 5.77. The van der Waals surface area contributed by atoms with Crippen LogP contribution in [0.2, 0.25) is 0 Å². The molecule has 1 aromatic rings. The van der Waals surface area contributed by atoms with E-state index in [2.05, 4.69) is 24.0 Å². The van der Waals surface area contributed by atoms with E-state index in [1.54, 1.807) is 0 Å². The van der Waals surface area contributed by atoms with Crippen LogP contribution in [0, 0.1) is 0 Å². The third-order valence-corrected chi connectivity index (χ3v) is 2.42. The van der Waals surface area contributed by atoms with E-state index in [1.807, 2.05) is 0 Å². The van der Waals surface area contributed by atoms with Crippen molar-refractivity contribution in [3.05, 3.63) is 11.7 Å². The normalized spacial score (nSPS) is 18.2. The fraction of sp³-hybridized carbons (Fsp3) is 0.778. The average Bonchev–Trinajstić information content (AvgIpc) is 2.32. The summed E-state index contributed by atoms with van der Waals surface area (Å²) in [6.07, 6.45) is 3.78. The van der Waals surface area contributed by atoms with Crippen LogP contribution in [-0.4, -0.2) is 10.1 Å². The van der Waals surface area contributed by atoms with Crippen molar-refractivity contribution in [1.29, 1.82) is 0 Å². The van der Waals surface area contributed by atoms with Gasteiger partial charge >= 0.3 is 0 Å². The largest absolute Gasteiger partial charge is 0.339 e. The Hall–Kier alpha value is -0.860. The summed E-state index contributed by atoms with van der Waals surface area (Å²) in [6, 6.07) is 0. The van der Waals surface area contributed by atoms with E-state index < -0.39 is 0 Å². The molecule has 0 unspecified atom stereocenters. The molecule has 0 spiro atoms. The van der Waals surface area contributed by atoms with Gasteiger partial charge in [0.1, 0.15) is 0 Å². The zero-order valence-electron chi connectivity index (χ0n) is 7.58. The Kier molecular flexibility index (Phi) is 1.87. The van der Waals surface area contributed by atoms with Crippen molar-refractivity contribution < 1.29 is 4.52 Å². The van der Waals surface area contributed by atoms with Crippen molar-refractivity contribution in [2.24, 2.45) is 0 Å². The molecule has 0 N–H and O–H groups in total. The standard InChI is InChI=1S/C9H14N2O/c1-6(2)9-10-8(11-12-9)7-4-3-5-7/h6-7H,3-5H2,1-2H3. The van der Waals surface area contributed by atoms with Gasteiger partial charge in [0, 0.05) is 11.8 Å². The van der Waals surface area contributed by atoms with Crippen LogP contribution in [0.25, 0.3) is 0 Å². The SMILES string of the molecule is CC(C)c1nc(C2CCC2)no1. The third kappa shape index (κ3) is 1.24. The molecule has 1 saturated carbocycles. The maximum atomic E-state index is 5.12. The van der Waals surface area contributed by atoms with E-state index in [-0.39, 0.29) is 0 Å². The lowest BCUT2D eigenvalue weighted by molar-refractivity contribution is 0.340. The smallest absolute Gasteiger partial charge is 0.229 e. The number of hydrogen-bond donors (Lipinski definition) is 0. The number of nitrogens with zero attached hydrogens (tertiary/aromatic N) is 2. The summed E-state index contributed by atoms with van der Waals surface area (Å²) in [6.45, 7) is 4.14. The van der Waals surface area contributed by atoms with Crippen LogP contribution in [0.15, 0.2) is 4.52 Å². The molecule has 0 radical (unpaired) electrons. The molecule has 12 heavy (non-hydrogen) atoms. The van der Waals surface area contributed by atoms with Gasteiger partial charge in [0.2, 0.25) is 5.89 Å². The highest BCUT2D eigenvalue weighted by Crippen LogP contribution is 2.34. The maximum Gasteiger partial charge on any atom is 0.229 e. The van der Waals surface area contributed by atoms with Gasteiger partial charge in [-0.3, -0.25) is 0 Å². The first-order valence-electron chi connectivity index (χ1n) is 4.61. The van der Waals surface area contributed by atoms with E-state index in [1.165, 1.54) is 19.3 Å². The molecular formula is C9H14N2O. The second-order valence-electron chi connectivity index (χ2n) is 3.77. The lowest BCUT2D eigenvalue weighted by Crippen LogP contribution is -2.10. The van der Waals surface area contributed by atoms with Crippen molar-refractivity contribution in [1.82, 2.24) is 10.1 Å². The summed E-state index contributed by atoms with van der Waals surface area (Å²) in [4.78, 5) is 4.35. The summed E-state index contributed by atoms with van der Waals surface area (Å²) < 4.78 is 5.12.